The van der Waals surface area contributed by atoms with Crippen LogP contribution in [0.1, 0.15) is 11.6 Å². The van der Waals surface area contributed by atoms with Gasteiger partial charge in [-0.15, -0.1) is 0 Å². The molecule has 1 heterocycles. The van der Waals surface area contributed by atoms with Gasteiger partial charge >= 0.3 is 0 Å². The molecule has 0 saturated heterocycles. The SMILES string of the molecule is N[C@H](C(=S)Nc1ccc2cnccc2c1)c1ccccc1. The molecule has 4 heteroatoms. The number of benzene rings is 2. The van der Waals surface area contributed by atoms with Crippen LogP contribution in [0.3, 0.4) is 0 Å². The van der Waals surface area contributed by atoms with E-state index in [1.807, 2.05) is 60.8 Å². The standard InChI is InChI=1S/C17H15N3S/c18-16(12-4-2-1-3-5-12)17(21)20-15-7-6-14-11-19-9-8-13(14)10-15/h1-11,16H,18H2,(H,20,21)/t16-/m0/s1. The first kappa shape index (κ1) is 13.7. The summed E-state index contributed by atoms with van der Waals surface area (Å²) in [5.41, 5.74) is 8.12. The number of nitrogens with one attached hydrogen (secondary N) is 1. The van der Waals surface area contributed by atoms with Gasteiger partial charge in [0.05, 0.1) is 6.04 Å². The largest absolute Gasteiger partial charge is 0.348 e. The summed E-state index contributed by atoms with van der Waals surface area (Å²) in [5.74, 6) is 0. The number of aromatic nitrogens is 1. The van der Waals surface area contributed by atoms with Crippen LogP contribution in [0.25, 0.3) is 10.8 Å². The molecule has 0 aliphatic carbocycles. The summed E-state index contributed by atoms with van der Waals surface area (Å²) in [6.45, 7) is 0. The fourth-order valence-corrected chi connectivity index (χ4v) is 2.45. The maximum Gasteiger partial charge on any atom is 0.101 e. The average molecular weight is 293 g/mol. The van der Waals surface area contributed by atoms with Crippen molar-refractivity contribution in [1.29, 1.82) is 0 Å². The van der Waals surface area contributed by atoms with E-state index in [0.717, 1.165) is 22.0 Å². The van der Waals surface area contributed by atoms with E-state index in [1.165, 1.54) is 0 Å². The van der Waals surface area contributed by atoms with Crippen LogP contribution in [-0.4, -0.2) is 9.97 Å². The highest BCUT2D eigenvalue weighted by atomic mass is 32.1. The van der Waals surface area contributed by atoms with Crippen molar-refractivity contribution in [3.63, 3.8) is 0 Å². The molecule has 3 nitrogen and oxygen atoms in total. The molecule has 0 bridgehead atoms. The zero-order valence-corrected chi connectivity index (χ0v) is 12.2. The predicted molar refractivity (Wildman–Crippen MR) is 91.3 cm³/mol. The zero-order chi connectivity index (χ0) is 14.7. The molecule has 0 spiro atoms. The third-order valence-electron chi connectivity index (χ3n) is 3.35. The Morgan fingerprint density at radius 2 is 1.86 bits per heavy atom. The Balaban J connectivity index is 1.80. The van der Waals surface area contributed by atoms with Gasteiger partial charge in [-0.1, -0.05) is 48.6 Å². The molecule has 0 aliphatic rings. The molecule has 2 aromatic carbocycles. The van der Waals surface area contributed by atoms with Gasteiger partial charge < -0.3 is 11.1 Å². The third-order valence-corrected chi connectivity index (χ3v) is 3.71. The van der Waals surface area contributed by atoms with Crippen molar-refractivity contribution in [1.82, 2.24) is 4.98 Å². The van der Waals surface area contributed by atoms with Gasteiger partial charge in [-0.2, -0.15) is 0 Å². The van der Waals surface area contributed by atoms with E-state index in [2.05, 4.69) is 10.3 Å². The highest BCUT2D eigenvalue weighted by Crippen LogP contribution is 2.20. The number of fused-ring (bicyclic) bond motifs is 1. The van der Waals surface area contributed by atoms with Crippen LogP contribution < -0.4 is 11.1 Å². The number of thiocarbonyl (C=S) groups is 1. The smallest absolute Gasteiger partial charge is 0.101 e. The molecule has 21 heavy (non-hydrogen) atoms. The minimum Gasteiger partial charge on any atom is -0.348 e. The van der Waals surface area contributed by atoms with Crippen molar-refractivity contribution >= 4 is 33.7 Å². The third kappa shape index (κ3) is 3.07. The molecule has 1 aromatic heterocycles. The molecular weight excluding hydrogens is 278 g/mol. The lowest BCUT2D eigenvalue weighted by Crippen LogP contribution is -2.25. The van der Waals surface area contributed by atoms with Gasteiger partial charge in [-0.25, -0.2) is 0 Å². The number of nitrogens with two attached hydrogens (primary N) is 1. The van der Waals surface area contributed by atoms with Gasteiger partial charge in [0.15, 0.2) is 0 Å². The summed E-state index contributed by atoms with van der Waals surface area (Å²) in [6.07, 6.45) is 3.62. The molecule has 0 unspecified atom stereocenters. The van der Waals surface area contributed by atoms with Crippen LogP contribution in [0.2, 0.25) is 0 Å². The van der Waals surface area contributed by atoms with Crippen molar-refractivity contribution in [3.05, 3.63) is 72.6 Å². The maximum atomic E-state index is 6.19. The summed E-state index contributed by atoms with van der Waals surface area (Å²) in [6, 6.07) is 17.5. The monoisotopic (exact) mass is 293 g/mol. The molecule has 0 aliphatic heterocycles. The second kappa shape index (κ2) is 5.99. The van der Waals surface area contributed by atoms with Crippen LogP contribution >= 0.6 is 12.2 Å². The van der Waals surface area contributed by atoms with Crippen LogP contribution in [-0.2, 0) is 0 Å². The van der Waals surface area contributed by atoms with E-state index >= 15 is 0 Å². The van der Waals surface area contributed by atoms with Crippen LogP contribution in [0, 0.1) is 0 Å². The minimum atomic E-state index is -0.311. The summed E-state index contributed by atoms with van der Waals surface area (Å²) in [4.78, 5) is 4.71. The molecule has 3 rings (SSSR count). The lowest BCUT2D eigenvalue weighted by atomic mass is 10.1. The summed E-state index contributed by atoms with van der Waals surface area (Å²) in [7, 11) is 0. The number of hydrogen-bond donors (Lipinski definition) is 2. The Labute approximate surface area is 128 Å². The summed E-state index contributed by atoms with van der Waals surface area (Å²) >= 11 is 5.41. The van der Waals surface area contributed by atoms with Gasteiger partial charge in [-0.05, 0) is 29.1 Å². The molecule has 0 saturated carbocycles. The van der Waals surface area contributed by atoms with Crippen molar-refractivity contribution < 1.29 is 0 Å². The van der Waals surface area contributed by atoms with Crippen molar-refractivity contribution in [2.75, 3.05) is 5.32 Å². The normalized spacial score (nSPS) is 12.0. The van der Waals surface area contributed by atoms with E-state index in [0.29, 0.717) is 4.99 Å². The number of hydrogen-bond acceptors (Lipinski definition) is 3. The first-order valence-corrected chi connectivity index (χ1v) is 7.10. The highest BCUT2D eigenvalue weighted by molar-refractivity contribution is 7.80. The fourth-order valence-electron chi connectivity index (χ4n) is 2.19. The summed E-state index contributed by atoms with van der Waals surface area (Å²) in [5, 5.41) is 5.43. The number of pyridine rings is 1. The molecule has 104 valence electrons. The Bertz CT molecular complexity index is 771. The average Bonchev–Trinajstić information content (AvgIpc) is 2.55. The van der Waals surface area contributed by atoms with E-state index in [4.69, 9.17) is 18.0 Å². The van der Waals surface area contributed by atoms with Crippen molar-refractivity contribution in [3.8, 4) is 0 Å². The number of rotatable bonds is 3. The van der Waals surface area contributed by atoms with Gasteiger partial charge in [-0.3, -0.25) is 4.98 Å². The van der Waals surface area contributed by atoms with Crippen molar-refractivity contribution in [2.24, 2.45) is 5.73 Å². The van der Waals surface area contributed by atoms with Gasteiger partial charge in [0, 0.05) is 23.5 Å². The van der Waals surface area contributed by atoms with Gasteiger partial charge in [0.25, 0.3) is 0 Å². The molecule has 0 radical (unpaired) electrons. The Morgan fingerprint density at radius 3 is 2.67 bits per heavy atom. The second-order valence-electron chi connectivity index (χ2n) is 4.82. The molecule has 1 atom stereocenters. The Kier molecular flexibility index (Phi) is 3.90. The van der Waals surface area contributed by atoms with E-state index in [9.17, 15) is 0 Å². The molecular formula is C17H15N3S. The molecule has 0 fully saturated rings. The lowest BCUT2D eigenvalue weighted by molar-refractivity contribution is 0.974. The van der Waals surface area contributed by atoms with E-state index in [1.54, 1.807) is 6.20 Å². The van der Waals surface area contributed by atoms with Crippen molar-refractivity contribution in [2.45, 2.75) is 6.04 Å². The van der Waals surface area contributed by atoms with E-state index < -0.39 is 0 Å². The first-order valence-electron chi connectivity index (χ1n) is 6.69. The molecule has 3 aromatic rings. The Hall–Kier alpha value is -2.30. The lowest BCUT2D eigenvalue weighted by Gasteiger charge is -2.15. The predicted octanol–water partition coefficient (Wildman–Crippen LogP) is 3.67. The van der Waals surface area contributed by atoms with Gasteiger partial charge in [0.2, 0.25) is 0 Å². The van der Waals surface area contributed by atoms with Crippen LogP contribution in [0.4, 0.5) is 5.69 Å². The van der Waals surface area contributed by atoms with E-state index in [-0.39, 0.29) is 6.04 Å². The van der Waals surface area contributed by atoms with Crippen LogP contribution in [0.5, 0.6) is 0 Å². The molecule has 0 amide bonds. The number of anilines is 1. The molecule has 3 N–H and O–H groups in total. The zero-order valence-electron chi connectivity index (χ0n) is 11.4. The Morgan fingerprint density at radius 1 is 1.05 bits per heavy atom. The fraction of sp³-hybridized carbons (Fsp3) is 0.0588. The second-order valence-corrected chi connectivity index (χ2v) is 5.26. The number of nitrogens with zero attached hydrogens (tertiary/aromatic N) is 1. The maximum absolute atomic E-state index is 6.19. The topological polar surface area (TPSA) is 50.9 Å². The minimum absolute atomic E-state index is 0.311. The summed E-state index contributed by atoms with van der Waals surface area (Å²) < 4.78 is 0. The van der Waals surface area contributed by atoms with Crippen LogP contribution in [0.15, 0.2) is 67.0 Å². The highest BCUT2D eigenvalue weighted by Gasteiger charge is 2.11. The quantitative estimate of drug-likeness (QED) is 0.723. The first-order chi connectivity index (χ1) is 10.2. The van der Waals surface area contributed by atoms with Gasteiger partial charge in [0.1, 0.15) is 4.99 Å².